The molecule has 100 valence electrons. The third kappa shape index (κ3) is 4.14. The molecule has 17 heavy (non-hydrogen) atoms. The van der Waals surface area contributed by atoms with Crippen molar-refractivity contribution >= 4 is 16.3 Å². The standard InChI is InChI=1S/C9H19N3O4S/c1-10-7-8-3-5-12(6-4-8)17(14,15)11-9(13)16-2/h8,10H,3-7H2,1-2H3,(H,11,13). The summed E-state index contributed by atoms with van der Waals surface area (Å²) in [6, 6.07) is 0. The molecule has 0 aromatic heterocycles. The Morgan fingerprint density at radius 3 is 2.47 bits per heavy atom. The van der Waals surface area contributed by atoms with E-state index in [4.69, 9.17) is 0 Å². The number of nitrogens with one attached hydrogen (secondary N) is 2. The normalized spacial score (nSPS) is 18.9. The fraction of sp³-hybridized carbons (Fsp3) is 0.889. The summed E-state index contributed by atoms with van der Waals surface area (Å²) in [5, 5.41) is 3.07. The molecule has 0 bridgehead atoms. The van der Waals surface area contributed by atoms with E-state index in [-0.39, 0.29) is 0 Å². The van der Waals surface area contributed by atoms with Crippen LogP contribution in [0.25, 0.3) is 0 Å². The Bertz CT molecular complexity index is 349. The molecule has 0 unspecified atom stereocenters. The van der Waals surface area contributed by atoms with E-state index >= 15 is 0 Å². The minimum atomic E-state index is -3.74. The highest BCUT2D eigenvalue weighted by atomic mass is 32.2. The van der Waals surface area contributed by atoms with Crippen LogP contribution in [-0.2, 0) is 14.9 Å². The second kappa shape index (κ2) is 6.18. The molecule has 0 saturated carbocycles. The smallest absolute Gasteiger partial charge is 0.421 e. The maximum atomic E-state index is 11.7. The Balaban J connectivity index is 2.50. The second-order valence-electron chi connectivity index (χ2n) is 4.00. The molecule has 0 atom stereocenters. The van der Waals surface area contributed by atoms with E-state index in [1.165, 1.54) is 4.31 Å². The molecule has 0 aromatic carbocycles. The Morgan fingerprint density at radius 1 is 1.41 bits per heavy atom. The zero-order valence-electron chi connectivity index (χ0n) is 10.1. The molecule has 0 aromatic rings. The lowest BCUT2D eigenvalue weighted by molar-refractivity contribution is 0.176. The Morgan fingerprint density at radius 2 is 2.00 bits per heavy atom. The predicted molar refractivity (Wildman–Crippen MR) is 62.7 cm³/mol. The number of amides is 1. The quantitative estimate of drug-likeness (QED) is 0.717. The van der Waals surface area contributed by atoms with Crippen LogP contribution in [0.2, 0.25) is 0 Å². The summed E-state index contributed by atoms with van der Waals surface area (Å²) < 4.78 is 30.8. The summed E-state index contributed by atoms with van der Waals surface area (Å²) in [6.07, 6.45) is 0.633. The van der Waals surface area contributed by atoms with E-state index in [0.29, 0.717) is 19.0 Å². The van der Waals surface area contributed by atoms with Crippen molar-refractivity contribution in [2.45, 2.75) is 12.8 Å². The number of hydrogen-bond acceptors (Lipinski definition) is 5. The molecule has 1 heterocycles. The van der Waals surface area contributed by atoms with Gasteiger partial charge in [-0.3, -0.25) is 0 Å². The molecule has 1 aliphatic heterocycles. The molecular weight excluding hydrogens is 246 g/mol. The summed E-state index contributed by atoms with van der Waals surface area (Å²) in [5.74, 6) is 0.490. The van der Waals surface area contributed by atoms with Crippen molar-refractivity contribution < 1.29 is 17.9 Å². The molecule has 0 spiro atoms. The number of rotatable bonds is 4. The molecule has 1 amide bonds. The van der Waals surface area contributed by atoms with E-state index in [0.717, 1.165) is 26.5 Å². The lowest BCUT2D eigenvalue weighted by atomic mass is 9.98. The third-order valence-corrected chi connectivity index (χ3v) is 4.27. The first-order valence-electron chi connectivity index (χ1n) is 5.50. The number of ether oxygens (including phenoxy) is 1. The van der Waals surface area contributed by atoms with Crippen molar-refractivity contribution in [2.24, 2.45) is 5.92 Å². The van der Waals surface area contributed by atoms with Crippen molar-refractivity contribution in [2.75, 3.05) is 33.8 Å². The highest BCUT2D eigenvalue weighted by Crippen LogP contribution is 2.18. The minimum Gasteiger partial charge on any atom is -0.452 e. The van der Waals surface area contributed by atoms with Gasteiger partial charge in [-0.25, -0.2) is 9.52 Å². The van der Waals surface area contributed by atoms with Gasteiger partial charge in [-0.05, 0) is 32.4 Å². The lowest BCUT2D eigenvalue weighted by Gasteiger charge is -2.30. The summed E-state index contributed by atoms with van der Waals surface area (Å²) in [7, 11) is -0.739. The number of methoxy groups -OCH3 is 1. The van der Waals surface area contributed by atoms with E-state index in [1.54, 1.807) is 0 Å². The summed E-state index contributed by atoms with van der Waals surface area (Å²) in [6.45, 7) is 1.75. The van der Waals surface area contributed by atoms with Crippen LogP contribution >= 0.6 is 0 Å². The van der Waals surface area contributed by atoms with Crippen LogP contribution in [0.3, 0.4) is 0 Å². The average molecular weight is 265 g/mol. The fourth-order valence-corrected chi connectivity index (χ4v) is 2.97. The largest absolute Gasteiger partial charge is 0.452 e. The molecule has 2 N–H and O–H groups in total. The van der Waals surface area contributed by atoms with Crippen LogP contribution in [0, 0.1) is 5.92 Å². The van der Waals surface area contributed by atoms with Crippen LogP contribution in [0.5, 0.6) is 0 Å². The molecule has 1 saturated heterocycles. The van der Waals surface area contributed by atoms with Crippen LogP contribution < -0.4 is 10.0 Å². The molecule has 1 fully saturated rings. The molecule has 0 aliphatic carbocycles. The lowest BCUT2D eigenvalue weighted by Crippen LogP contribution is -2.47. The van der Waals surface area contributed by atoms with E-state index < -0.39 is 16.3 Å². The first kappa shape index (κ1) is 14.2. The van der Waals surface area contributed by atoms with Gasteiger partial charge in [0.15, 0.2) is 0 Å². The predicted octanol–water partition coefficient (Wildman–Crippen LogP) is -0.481. The second-order valence-corrected chi connectivity index (χ2v) is 5.67. The van der Waals surface area contributed by atoms with Gasteiger partial charge in [0.05, 0.1) is 7.11 Å². The van der Waals surface area contributed by atoms with Crippen molar-refractivity contribution in [3.63, 3.8) is 0 Å². The van der Waals surface area contributed by atoms with Gasteiger partial charge >= 0.3 is 16.3 Å². The average Bonchev–Trinajstić information content (AvgIpc) is 2.29. The number of carbonyl (C=O) groups is 1. The Labute approximate surface area is 102 Å². The zero-order valence-corrected chi connectivity index (χ0v) is 10.9. The van der Waals surface area contributed by atoms with Gasteiger partial charge in [-0.1, -0.05) is 0 Å². The molecule has 7 nitrogen and oxygen atoms in total. The van der Waals surface area contributed by atoms with Crippen LogP contribution in [0.15, 0.2) is 0 Å². The summed E-state index contributed by atoms with van der Waals surface area (Å²) in [5.41, 5.74) is 0. The van der Waals surface area contributed by atoms with Crippen LogP contribution in [-0.4, -0.2) is 52.6 Å². The number of carbonyl (C=O) groups excluding carboxylic acids is 1. The fourth-order valence-electron chi connectivity index (χ4n) is 1.85. The monoisotopic (exact) mass is 265 g/mol. The molecule has 1 aliphatic rings. The van der Waals surface area contributed by atoms with Crippen LogP contribution in [0.4, 0.5) is 4.79 Å². The van der Waals surface area contributed by atoms with Crippen molar-refractivity contribution in [1.82, 2.24) is 14.3 Å². The summed E-state index contributed by atoms with van der Waals surface area (Å²) >= 11 is 0. The van der Waals surface area contributed by atoms with Crippen molar-refractivity contribution in [3.8, 4) is 0 Å². The molecule has 8 heteroatoms. The van der Waals surface area contributed by atoms with E-state index in [2.05, 4.69) is 10.1 Å². The number of nitrogens with zero attached hydrogens (tertiary/aromatic N) is 1. The third-order valence-electron chi connectivity index (χ3n) is 2.80. The maximum Gasteiger partial charge on any atom is 0.421 e. The highest BCUT2D eigenvalue weighted by Gasteiger charge is 2.29. The molecule has 1 rings (SSSR count). The van der Waals surface area contributed by atoms with Gasteiger partial charge in [0.1, 0.15) is 0 Å². The SMILES string of the molecule is CNCC1CCN(S(=O)(=O)NC(=O)OC)CC1. The van der Waals surface area contributed by atoms with Gasteiger partial charge in [-0.2, -0.15) is 12.7 Å². The minimum absolute atomic E-state index is 0.429. The maximum absolute atomic E-state index is 11.7. The zero-order chi connectivity index (χ0) is 12.9. The van der Waals surface area contributed by atoms with Gasteiger partial charge in [0, 0.05) is 13.1 Å². The first-order valence-corrected chi connectivity index (χ1v) is 6.94. The Kier molecular flexibility index (Phi) is 5.16. The first-order chi connectivity index (χ1) is 7.99. The Hall–Kier alpha value is -0.860. The topological polar surface area (TPSA) is 87.7 Å². The van der Waals surface area contributed by atoms with Gasteiger partial charge < -0.3 is 10.1 Å². The van der Waals surface area contributed by atoms with Crippen LogP contribution in [0.1, 0.15) is 12.8 Å². The van der Waals surface area contributed by atoms with Crippen molar-refractivity contribution in [1.29, 1.82) is 0 Å². The van der Waals surface area contributed by atoms with E-state index in [9.17, 15) is 13.2 Å². The molecule has 0 radical (unpaired) electrons. The summed E-state index contributed by atoms with van der Waals surface area (Å²) in [4.78, 5) is 10.9. The number of hydrogen-bond donors (Lipinski definition) is 2. The molecular formula is C9H19N3O4S. The van der Waals surface area contributed by atoms with Crippen molar-refractivity contribution in [3.05, 3.63) is 0 Å². The van der Waals surface area contributed by atoms with E-state index in [1.807, 2.05) is 11.8 Å². The highest BCUT2D eigenvalue weighted by molar-refractivity contribution is 7.87. The van der Waals surface area contributed by atoms with Gasteiger partial charge in [-0.15, -0.1) is 0 Å². The van der Waals surface area contributed by atoms with Gasteiger partial charge in [0.2, 0.25) is 0 Å². The van der Waals surface area contributed by atoms with Gasteiger partial charge in [0.25, 0.3) is 0 Å². The number of piperidine rings is 1.